The van der Waals surface area contributed by atoms with E-state index in [0.717, 1.165) is 17.6 Å². The summed E-state index contributed by atoms with van der Waals surface area (Å²) in [6.07, 6.45) is 4.89. The lowest BCUT2D eigenvalue weighted by Crippen LogP contribution is -2.31. The molecule has 1 aliphatic rings. The van der Waals surface area contributed by atoms with Gasteiger partial charge in [-0.2, -0.15) is 11.8 Å². The van der Waals surface area contributed by atoms with E-state index in [1.807, 2.05) is 11.8 Å². The van der Waals surface area contributed by atoms with Gasteiger partial charge in [0, 0.05) is 11.0 Å². The molecule has 0 aromatic rings. The Morgan fingerprint density at radius 2 is 1.94 bits per heavy atom. The molecule has 0 saturated heterocycles. The van der Waals surface area contributed by atoms with Crippen LogP contribution >= 0.6 is 11.8 Å². The van der Waals surface area contributed by atoms with Crippen molar-refractivity contribution in [1.29, 1.82) is 0 Å². The number of rotatable bonds is 5. The van der Waals surface area contributed by atoms with Crippen molar-refractivity contribution in [1.82, 2.24) is 0 Å². The molecular weight excluding hydrogens is 216 g/mol. The van der Waals surface area contributed by atoms with Crippen molar-refractivity contribution >= 4 is 11.8 Å². The van der Waals surface area contributed by atoms with Crippen LogP contribution in [-0.4, -0.2) is 22.2 Å². The van der Waals surface area contributed by atoms with Crippen LogP contribution in [0.3, 0.4) is 0 Å². The van der Waals surface area contributed by atoms with Crippen LogP contribution < -0.4 is 0 Å². The van der Waals surface area contributed by atoms with Crippen LogP contribution in [0.2, 0.25) is 0 Å². The minimum Gasteiger partial charge on any atom is -0.392 e. The molecule has 0 heterocycles. The quantitative estimate of drug-likeness (QED) is 0.790. The minimum absolute atomic E-state index is 0.0750. The Kier molecular flexibility index (Phi) is 6.20. The Labute approximate surface area is 105 Å². The van der Waals surface area contributed by atoms with Gasteiger partial charge in [0.2, 0.25) is 0 Å². The summed E-state index contributed by atoms with van der Waals surface area (Å²) >= 11 is 1.93. The van der Waals surface area contributed by atoms with Crippen molar-refractivity contribution in [3.63, 3.8) is 0 Å². The van der Waals surface area contributed by atoms with Crippen LogP contribution in [0, 0.1) is 17.8 Å². The molecule has 1 fully saturated rings. The number of aliphatic hydroxyl groups excluding tert-OH is 1. The summed E-state index contributed by atoms with van der Waals surface area (Å²) in [5.41, 5.74) is 0. The first-order valence-corrected chi connectivity index (χ1v) is 7.89. The summed E-state index contributed by atoms with van der Waals surface area (Å²) in [7, 11) is 0. The highest BCUT2D eigenvalue weighted by Gasteiger charge is 2.29. The molecule has 5 unspecified atom stereocenters. The van der Waals surface area contributed by atoms with E-state index in [0.29, 0.717) is 11.2 Å². The first-order chi connectivity index (χ1) is 7.54. The van der Waals surface area contributed by atoms with Gasteiger partial charge in [0.05, 0.1) is 6.10 Å². The molecule has 2 heteroatoms. The van der Waals surface area contributed by atoms with Crippen LogP contribution in [0.1, 0.15) is 53.4 Å². The van der Waals surface area contributed by atoms with Crippen LogP contribution in [0.15, 0.2) is 0 Å². The Morgan fingerprint density at radius 1 is 1.25 bits per heavy atom. The zero-order valence-electron chi connectivity index (χ0n) is 11.3. The van der Waals surface area contributed by atoms with Gasteiger partial charge in [-0.25, -0.2) is 0 Å². The van der Waals surface area contributed by atoms with Gasteiger partial charge in [0.1, 0.15) is 0 Å². The zero-order valence-corrected chi connectivity index (χ0v) is 12.1. The molecule has 96 valence electrons. The monoisotopic (exact) mass is 244 g/mol. The summed E-state index contributed by atoms with van der Waals surface area (Å²) in [5.74, 6) is 3.14. The smallest absolute Gasteiger partial charge is 0.0658 e. The Hall–Kier alpha value is 0.310. The fourth-order valence-corrected chi connectivity index (χ4v) is 3.49. The molecule has 1 rings (SSSR count). The van der Waals surface area contributed by atoms with Crippen molar-refractivity contribution in [2.75, 3.05) is 5.75 Å². The molecule has 1 N–H and O–H groups in total. The van der Waals surface area contributed by atoms with Crippen LogP contribution in [0.5, 0.6) is 0 Å². The van der Waals surface area contributed by atoms with Gasteiger partial charge >= 0.3 is 0 Å². The highest BCUT2D eigenvalue weighted by molar-refractivity contribution is 7.99. The molecule has 0 bridgehead atoms. The molecule has 16 heavy (non-hydrogen) atoms. The molecule has 1 nitrogen and oxygen atoms in total. The molecule has 0 aromatic carbocycles. The van der Waals surface area contributed by atoms with Crippen LogP contribution in [0.4, 0.5) is 0 Å². The number of thioether (sulfide) groups is 1. The SMILES string of the molecule is CCC(C)SCC(O)C1CCC(C)C(C)C1. The maximum absolute atomic E-state index is 10.2. The summed E-state index contributed by atoms with van der Waals surface area (Å²) in [6.45, 7) is 9.16. The van der Waals surface area contributed by atoms with Gasteiger partial charge in [0.25, 0.3) is 0 Å². The second kappa shape index (κ2) is 6.90. The second-order valence-corrected chi connectivity index (χ2v) is 7.12. The average Bonchev–Trinajstić information content (AvgIpc) is 2.29. The van der Waals surface area contributed by atoms with Crippen molar-refractivity contribution in [3.05, 3.63) is 0 Å². The summed E-state index contributed by atoms with van der Waals surface area (Å²) < 4.78 is 0. The van der Waals surface area contributed by atoms with Gasteiger partial charge in [-0.15, -0.1) is 0 Å². The lowest BCUT2D eigenvalue weighted by Gasteiger charge is -2.34. The van der Waals surface area contributed by atoms with Crippen LogP contribution in [0.25, 0.3) is 0 Å². The van der Waals surface area contributed by atoms with Gasteiger partial charge in [-0.1, -0.05) is 34.1 Å². The van der Waals surface area contributed by atoms with E-state index < -0.39 is 0 Å². The third-order valence-electron chi connectivity index (χ3n) is 4.31. The lowest BCUT2D eigenvalue weighted by atomic mass is 9.74. The molecular formula is C14H28OS. The zero-order chi connectivity index (χ0) is 12.1. The van der Waals surface area contributed by atoms with Gasteiger partial charge < -0.3 is 5.11 Å². The minimum atomic E-state index is -0.0750. The topological polar surface area (TPSA) is 20.2 Å². The van der Waals surface area contributed by atoms with E-state index >= 15 is 0 Å². The third kappa shape index (κ3) is 4.29. The highest BCUT2D eigenvalue weighted by atomic mass is 32.2. The van der Waals surface area contributed by atoms with Crippen molar-refractivity contribution < 1.29 is 5.11 Å². The molecule has 0 aromatic heterocycles. The number of aliphatic hydroxyl groups is 1. The molecule has 5 atom stereocenters. The molecule has 0 spiro atoms. The molecule has 0 radical (unpaired) electrons. The maximum atomic E-state index is 10.2. The van der Waals surface area contributed by atoms with Gasteiger partial charge in [-0.05, 0) is 37.0 Å². The predicted octanol–water partition coefficient (Wildman–Crippen LogP) is 3.95. The van der Waals surface area contributed by atoms with Gasteiger partial charge in [0.15, 0.2) is 0 Å². The fraction of sp³-hybridized carbons (Fsp3) is 1.00. The standard InChI is InChI=1S/C14H28OS/c1-5-12(4)16-9-14(15)13-7-6-10(2)11(3)8-13/h10-15H,5-9H2,1-4H3. The van der Waals surface area contributed by atoms with Crippen LogP contribution in [-0.2, 0) is 0 Å². The second-order valence-electron chi connectivity index (χ2n) is 5.65. The van der Waals surface area contributed by atoms with E-state index in [4.69, 9.17) is 0 Å². The van der Waals surface area contributed by atoms with Crippen molar-refractivity contribution in [2.24, 2.45) is 17.8 Å². The first kappa shape index (κ1) is 14.4. The third-order valence-corrected chi connectivity index (χ3v) is 5.75. The summed E-state index contributed by atoms with van der Waals surface area (Å²) in [4.78, 5) is 0. The van der Waals surface area contributed by atoms with E-state index in [1.54, 1.807) is 0 Å². The van der Waals surface area contributed by atoms with Crippen molar-refractivity contribution in [2.45, 2.75) is 64.7 Å². The number of hydrogen-bond donors (Lipinski definition) is 1. The average molecular weight is 244 g/mol. The number of hydrogen-bond acceptors (Lipinski definition) is 2. The molecule has 1 saturated carbocycles. The maximum Gasteiger partial charge on any atom is 0.0658 e. The van der Waals surface area contributed by atoms with E-state index in [-0.39, 0.29) is 6.10 Å². The van der Waals surface area contributed by atoms with E-state index in [9.17, 15) is 5.11 Å². The Bertz CT molecular complexity index is 195. The van der Waals surface area contributed by atoms with E-state index in [1.165, 1.54) is 25.7 Å². The molecule has 0 amide bonds. The Morgan fingerprint density at radius 3 is 2.50 bits per heavy atom. The first-order valence-electron chi connectivity index (χ1n) is 6.84. The largest absolute Gasteiger partial charge is 0.392 e. The van der Waals surface area contributed by atoms with E-state index in [2.05, 4.69) is 27.7 Å². The summed E-state index contributed by atoms with van der Waals surface area (Å²) in [5, 5.41) is 10.9. The normalized spacial score (nSPS) is 34.7. The Balaban J connectivity index is 2.28. The van der Waals surface area contributed by atoms with Gasteiger partial charge in [-0.3, -0.25) is 0 Å². The highest BCUT2D eigenvalue weighted by Crippen LogP contribution is 2.36. The van der Waals surface area contributed by atoms with Crippen molar-refractivity contribution in [3.8, 4) is 0 Å². The predicted molar refractivity (Wildman–Crippen MR) is 73.9 cm³/mol. The fourth-order valence-electron chi connectivity index (χ4n) is 2.46. The molecule has 0 aliphatic heterocycles. The molecule has 1 aliphatic carbocycles. The summed E-state index contributed by atoms with van der Waals surface area (Å²) in [6, 6.07) is 0. The lowest BCUT2D eigenvalue weighted by molar-refractivity contribution is 0.0729.